The van der Waals surface area contributed by atoms with E-state index in [1.165, 1.54) is 0 Å². The van der Waals surface area contributed by atoms with E-state index in [0.717, 1.165) is 55.4 Å². The van der Waals surface area contributed by atoms with Crippen molar-refractivity contribution < 1.29 is 4.74 Å². The highest BCUT2D eigenvalue weighted by molar-refractivity contribution is 5.79. The van der Waals surface area contributed by atoms with Gasteiger partial charge < -0.3 is 20.4 Å². The van der Waals surface area contributed by atoms with E-state index in [1.54, 1.807) is 7.05 Å². The van der Waals surface area contributed by atoms with E-state index < -0.39 is 0 Å². The molecule has 0 aliphatic carbocycles. The maximum atomic E-state index is 5.77. The zero-order valence-corrected chi connectivity index (χ0v) is 15.8. The normalized spacial score (nSPS) is 13.4. The van der Waals surface area contributed by atoms with Crippen molar-refractivity contribution in [3.63, 3.8) is 0 Å². The molecule has 0 bridgehead atoms. The topological polar surface area (TPSA) is 74.3 Å². The lowest BCUT2D eigenvalue weighted by atomic mass is 10.0. The second-order valence-electron chi connectivity index (χ2n) is 6.40. The Kier molecular flexibility index (Phi) is 7.73. The number of aliphatic imine (C=N–C) groups is 1. The van der Waals surface area contributed by atoms with Gasteiger partial charge in [-0.15, -0.1) is 0 Å². The number of benzene rings is 1. The number of guanidine groups is 1. The van der Waals surface area contributed by atoms with Crippen LogP contribution < -0.4 is 10.6 Å². The van der Waals surface area contributed by atoms with Gasteiger partial charge in [0, 0.05) is 33.2 Å². The minimum atomic E-state index is 0.283. The molecule has 2 rings (SSSR count). The van der Waals surface area contributed by atoms with Gasteiger partial charge in [0.1, 0.15) is 5.82 Å². The molecule has 0 saturated heterocycles. The van der Waals surface area contributed by atoms with Gasteiger partial charge in [0.05, 0.1) is 17.1 Å². The summed E-state index contributed by atoms with van der Waals surface area (Å²) in [7, 11) is 1.79. The average Bonchev–Trinajstić information content (AvgIpc) is 3.02. The average molecular weight is 345 g/mol. The van der Waals surface area contributed by atoms with Crippen LogP contribution in [-0.2, 0) is 11.2 Å². The van der Waals surface area contributed by atoms with Crippen LogP contribution in [0.4, 0.5) is 0 Å². The number of aromatic nitrogens is 2. The molecule has 6 heteroatoms. The van der Waals surface area contributed by atoms with Crippen molar-refractivity contribution in [1.29, 1.82) is 0 Å². The van der Waals surface area contributed by atoms with Gasteiger partial charge in [-0.2, -0.15) is 0 Å². The summed E-state index contributed by atoms with van der Waals surface area (Å²) < 4.78 is 5.77. The van der Waals surface area contributed by atoms with E-state index in [4.69, 9.17) is 4.74 Å². The molecule has 0 fully saturated rings. The van der Waals surface area contributed by atoms with Crippen LogP contribution in [-0.4, -0.2) is 48.8 Å². The zero-order chi connectivity index (χ0) is 18.1. The molecule has 1 unspecified atom stereocenters. The summed E-state index contributed by atoms with van der Waals surface area (Å²) in [6.45, 7) is 8.81. The molecule has 1 aromatic carbocycles. The molecule has 0 aliphatic heterocycles. The summed E-state index contributed by atoms with van der Waals surface area (Å²) in [6.07, 6.45) is 2.07. The van der Waals surface area contributed by atoms with Crippen LogP contribution in [0, 0.1) is 5.92 Å². The van der Waals surface area contributed by atoms with E-state index in [-0.39, 0.29) is 6.10 Å². The predicted octanol–water partition coefficient (Wildman–Crippen LogP) is 2.72. The van der Waals surface area contributed by atoms with E-state index in [2.05, 4.69) is 39.4 Å². The number of imidazole rings is 1. The molecule has 0 amide bonds. The Morgan fingerprint density at radius 1 is 1.24 bits per heavy atom. The Labute approximate surface area is 150 Å². The van der Waals surface area contributed by atoms with Crippen LogP contribution in [0.1, 0.15) is 33.0 Å². The smallest absolute Gasteiger partial charge is 0.190 e. The molecule has 6 nitrogen and oxygen atoms in total. The van der Waals surface area contributed by atoms with Gasteiger partial charge in [-0.3, -0.25) is 4.99 Å². The Bertz CT molecular complexity index is 632. The van der Waals surface area contributed by atoms with Gasteiger partial charge in [-0.25, -0.2) is 4.98 Å². The Balaban J connectivity index is 1.72. The molecule has 25 heavy (non-hydrogen) atoms. The Morgan fingerprint density at radius 2 is 2.00 bits per heavy atom. The third-order valence-electron chi connectivity index (χ3n) is 4.16. The fourth-order valence-electron chi connectivity index (χ4n) is 2.80. The zero-order valence-electron chi connectivity index (χ0n) is 15.8. The van der Waals surface area contributed by atoms with Gasteiger partial charge >= 0.3 is 0 Å². The number of fused-ring (bicyclic) bond motifs is 1. The predicted molar refractivity (Wildman–Crippen MR) is 104 cm³/mol. The molecule has 0 aliphatic rings. The second-order valence-corrected chi connectivity index (χ2v) is 6.40. The standard InChI is InChI=1S/C19H31N5O/c1-5-25-17(14(2)3)10-12-21-19(20-4)22-13-11-18-23-15-8-6-7-9-16(15)24-18/h6-9,14,17H,5,10-13H2,1-4H3,(H,23,24)(H2,20,21,22). The molecule has 1 atom stereocenters. The van der Waals surface area contributed by atoms with E-state index in [1.807, 2.05) is 31.2 Å². The third-order valence-corrected chi connectivity index (χ3v) is 4.16. The van der Waals surface area contributed by atoms with E-state index in [9.17, 15) is 0 Å². The fourth-order valence-corrected chi connectivity index (χ4v) is 2.80. The summed E-state index contributed by atoms with van der Waals surface area (Å²) in [5.41, 5.74) is 2.09. The molecule has 3 N–H and O–H groups in total. The maximum absolute atomic E-state index is 5.77. The lowest BCUT2D eigenvalue weighted by Crippen LogP contribution is -2.40. The van der Waals surface area contributed by atoms with Crippen molar-refractivity contribution >= 4 is 17.0 Å². The molecule has 0 saturated carbocycles. The first-order valence-corrected chi connectivity index (χ1v) is 9.13. The Hall–Kier alpha value is -2.08. The number of hydrogen-bond donors (Lipinski definition) is 3. The van der Waals surface area contributed by atoms with Crippen molar-refractivity contribution in [3.05, 3.63) is 30.1 Å². The number of hydrogen-bond acceptors (Lipinski definition) is 3. The lowest BCUT2D eigenvalue weighted by Gasteiger charge is -2.21. The van der Waals surface area contributed by atoms with Crippen molar-refractivity contribution in [3.8, 4) is 0 Å². The minimum absolute atomic E-state index is 0.283. The molecule has 1 heterocycles. The number of rotatable bonds is 9. The number of nitrogens with one attached hydrogen (secondary N) is 3. The van der Waals surface area contributed by atoms with Crippen molar-refractivity contribution in [2.75, 3.05) is 26.7 Å². The van der Waals surface area contributed by atoms with Crippen LogP contribution in [0.5, 0.6) is 0 Å². The first kappa shape index (κ1) is 19.2. The summed E-state index contributed by atoms with van der Waals surface area (Å²) in [6, 6.07) is 8.08. The number of nitrogens with zero attached hydrogens (tertiary/aromatic N) is 2. The van der Waals surface area contributed by atoms with Crippen LogP contribution >= 0.6 is 0 Å². The van der Waals surface area contributed by atoms with Crippen LogP contribution in [0.25, 0.3) is 11.0 Å². The number of para-hydroxylation sites is 2. The number of H-pyrrole nitrogens is 1. The van der Waals surface area contributed by atoms with Gasteiger partial charge in [-0.05, 0) is 31.4 Å². The van der Waals surface area contributed by atoms with Crippen molar-refractivity contribution in [1.82, 2.24) is 20.6 Å². The molecular formula is C19H31N5O. The van der Waals surface area contributed by atoms with Gasteiger partial charge in [0.15, 0.2) is 5.96 Å². The monoisotopic (exact) mass is 345 g/mol. The SMILES string of the molecule is CCOC(CCNC(=NC)NCCc1nc2ccccc2[nH]1)C(C)C. The maximum Gasteiger partial charge on any atom is 0.190 e. The van der Waals surface area contributed by atoms with E-state index >= 15 is 0 Å². The molecule has 0 radical (unpaired) electrons. The van der Waals surface area contributed by atoms with Gasteiger partial charge in [0.25, 0.3) is 0 Å². The first-order valence-electron chi connectivity index (χ1n) is 9.13. The minimum Gasteiger partial charge on any atom is -0.378 e. The van der Waals surface area contributed by atoms with Gasteiger partial charge in [-0.1, -0.05) is 26.0 Å². The molecule has 1 aromatic heterocycles. The summed E-state index contributed by atoms with van der Waals surface area (Å²) in [4.78, 5) is 12.2. The van der Waals surface area contributed by atoms with Crippen LogP contribution in [0.2, 0.25) is 0 Å². The van der Waals surface area contributed by atoms with Crippen molar-refractivity contribution in [2.45, 2.75) is 39.7 Å². The summed E-state index contributed by atoms with van der Waals surface area (Å²) >= 11 is 0. The highest BCUT2D eigenvalue weighted by Gasteiger charge is 2.13. The molecule has 138 valence electrons. The van der Waals surface area contributed by atoms with Crippen molar-refractivity contribution in [2.24, 2.45) is 10.9 Å². The van der Waals surface area contributed by atoms with Crippen LogP contribution in [0.15, 0.2) is 29.3 Å². The lowest BCUT2D eigenvalue weighted by molar-refractivity contribution is 0.0258. The highest BCUT2D eigenvalue weighted by Crippen LogP contribution is 2.11. The molecule has 2 aromatic rings. The Morgan fingerprint density at radius 3 is 2.68 bits per heavy atom. The second kappa shape index (κ2) is 10.0. The molecule has 0 spiro atoms. The van der Waals surface area contributed by atoms with E-state index in [0.29, 0.717) is 5.92 Å². The first-order chi connectivity index (χ1) is 12.1. The summed E-state index contributed by atoms with van der Waals surface area (Å²) in [5.74, 6) is 2.32. The van der Waals surface area contributed by atoms with Gasteiger partial charge in [0.2, 0.25) is 0 Å². The molecular weight excluding hydrogens is 314 g/mol. The fraction of sp³-hybridized carbons (Fsp3) is 0.579. The largest absolute Gasteiger partial charge is 0.378 e. The third kappa shape index (κ3) is 6.05. The quantitative estimate of drug-likeness (QED) is 0.482. The number of aromatic amines is 1. The van der Waals surface area contributed by atoms with Crippen LogP contribution in [0.3, 0.4) is 0 Å². The highest BCUT2D eigenvalue weighted by atomic mass is 16.5. The summed E-state index contributed by atoms with van der Waals surface area (Å²) in [5, 5.41) is 6.69. The number of ether oxygens (including phenoxy) is 1.